The van der Waals surface area contributed by atoms with Gasteiger partial charge in [-0.15, -0.1) is 22.0 Å². The minimum absolute atomic E-state index is 0. The van der Waals surface area contributed by atoms with Crippen molar-refractivity contribution in [3.63, 3.8) is 0 Å². The van der Waals surface area contributed by atoms with E-state index >= 15 is 0 Å². The molecule has 0 amide bonds. The summed E-state index contributed by atoms with van der Waals surface area (Å²) in [6, 6.07) is 49.7. The number of thioether (sulfide) groups is 1. The van der Waals surface area contributed by atoms with Crippen LogP contribution in [0.1, 0.15) is 11.1 Å². The van der Waals surface area contributed by atoms with Crippen molar-refractivity contribution in [2.45, 2.75) is 4.90 Å². The van der Waals surface area contributed by atoms with Gasteiger partial charge in [0.15, 0.2) is 0 Å². The normalized spacial score (nSPS) is 12.4. The van der Waals surface area contributed by atoms with Crippen LogP contribution in [0, 0.1) is 0 Å². The zero-order chi connectivity index (χ0) is 32.9. The van der Waals surface area contributed by atoms with E-state index in [1.165, 1.54) is 15.9 Å². The van der Waals surface area contributed by atoms with Gasteiger partial charge in [-0.05, 0) is 60.0 Å². The third kappa shape index (κ3) is 10.3. The van der Waals surface area contributed by atoms with Crippen LogP contribution in [0.3, 0.4) is 0 Å². The fraction of sp³-hybridized carbons (Fsp3) is 0.0811. The van der Waals surface area contributed by atoms with Crippen molar-refractivity contribution in [1.29, 1.82) is 0 Å². The van der Waals surface area contributed by atoms with Crippen molar-refractivity contribution in [3.8, 4) is 0 Å². The molecule has 0 saturated heterocycles. The van der Waals surface area contributed by atoms with Gasteiger partial charge >= 0.3 is 17.1 Å². The summed E-state index contributed by atoms with van der Waals surface area (Å²) in [4.78, 5) is 1.13. The summed E-state index contributed by atoms with van der Waals surface area (Å²) in [7, 11) is -0.470. The van der Waals surface area contributed by atoms with Crippen molar-refractivity contribution >= 4 is 82.0 Å². The van der Waals surface area contributed by atoms with Crippen molar-refractivity contribution in [2.24, 2.45) is 20.4 Å². The molecule has 0 saturated carbocycles. The van der Waals surface area contributed by atoms with Gasteiger partial charge in [-0.3, -0.25) is 0 Å². The Morgan fingerprint density at radius 2 is 0.959 bits per heavy atom. The van der Waals surface area contributed by atoms with E-state index in [-0.39, 0.29) is 44.4 Å². The standard InChI is InChI=1S/C37H35N6PS3.BrH.Cu/c1-38-36(45)42-40-35(29-23-25-33(47-2)26-24-29)34(28-15-7-3-8-16-28)41-43-37(46)39-27-44(30-17-9-4-10-18-30,31-19-11-5-12-20-31)32-21-13-6-14-22-32;;/h3-26H,27H2,1-2H3,(H3-,38,39,40,41,42,43,45,46);1H;/q;;+2/p-2. The van der Waals surface area contributed by atoms with E-state index < -0.39 is 7.26 Å². The van der Waals surface area contributed by atoms with Crippen LogP contribution in [0.2, 0.25) is 0 Å². The second-order valence-corrected chi connectivity index (χ2v) is 15.3. The van der Waals surface area contributed by atoms with Crippen molar-refractivity contribution < 1.29 is 34.1 Å². The maximum absolute atomic E-state index is 5.84. The van der Waals surface area contributed by atoms with Gasteiger partial charge in [-0.1, -0.05) is 97.1 Å². The first-order valence-electron chi connectivity index (χ1n) is 14.9. The van der Waals surface area contributed by atoms with Gasteiger partial charge in [0.25, 0.3) is 0 Å². The van der Waals surface area contributed by atoms with Gasteiger partial charge in [0, 0.05) is 28.2 Å². The Balaban J connectivity index is 0.00000325. The van der Waals surface area contributed by atoms with Gasteiger partial charge in [0.2, 0.25) is 0 Å². The molecule has 0 aliphatic carbocycles. The number of hydrogen-bond donors (Lipinski definition) is 2. The van der Waals surface area contributed by atoms with Crippen molar-refractivity contribution in [2.75, 3.05) is 19.6 Å². The Kier molecular flexibility index (Phi) is 16.6. The van der Waals surface area contributed by atoms with Crippen molar-refractivity contribution in [1.82, 2.24) is 10.6 Å². The van der Waals surface area contributed by atoms with E-state index in [1.54, 1.807) is 18.8 Å². The van der Waals surface area contributed by atoms with E-state index in [0.29, 0.717) is 17.7 Å². The number of nitrogens with zero attached hydrogens (tertiary/aromatic N) is 4. The SMILES string of the molecule is CNC([S-])=NN=C(C(=NN=C([S-])NC[P+](c1ccccc1)(c1ccccc1)c1ccccc1)c1ccccc1)c1ccc(SC)cc1.[Br-].[Cu+2]. The predicted molar refractivity (Wildman–Crippen MR) is 210 cm³/mol. The van der Waals surface area contributed by atoms with E-state index in [2.05, 4.69) is 98.7 Å². The summed E-state index contributed by atoms with van der Waals surface area (Å²) in [5.41, 5.74) is 2.68. The maximum atomic E-state index is 5.84. The molecule has 2 N–H and O–H groups in total. The molecule has 6 nitrogen and oxygen atoms in total. The molecule has 12 heteroatoms. The van der Waals surface area contributed by atoms with Crippen LogP contribution < -0.4 is 43.5 Å². The molecule has 0 fully saturated rings. The van der Waals surface area contributed by atoms with E-state index in [9.17, 15) is 0 Å². The van der Waals surface area contributed by atoms with Gasteiger partial charge < -0.3 is 52.9 Å². The van der Waals surface area contributed by atoms with E-state index in [0.717, 1.165) is 16.0 Å². The van der Waals surface area contributed by atoms with Crippen LogP contribution in [0.5, 0.6) is 0 Å². The molecule has 253 valence electrons. The fourth-order valence-corrected chi connectivity index (χ4v) is 9.60. The number of rotatable bonds is 11. The molecule has 1 radical (unpaired) electrons. The molecule has 0 heterocycles. The minimum Gasteiger partial charge on any atom is -1.00 e. The molecule has 0 bridgehead atoms. The molecule has 5 aromatic rings. The third-order valence-electron chi connectivity index (χ3n) is 7.39. The second kappa shape index (κ2) is 20.3. The number of nitrogens with one attached hydrogen (secondary N) is 2. The Morgan fingerprint density at radius 3 is 1.37 bits per heavy atom. The first kappa shape index (κ1) is 40.0. The van der Waals surface area contributed by atoms with Crippen LogP contribution >= 0.6 is 19.0 Å². The van der Waals surface area contributed by atoms with Crippen LogP contribution in [-0.2, 0) is 42.3 Å². The molecule has 0 aliphatic heterocycles. The van der Waals surface area contributed by atoms with E-state index in [4.69, 9.17) is 30.4 Å². The molecule has 0 spiro atoms. The molecule has 0 aliphatic rings. The minimum atomic E-state index is -2.18. The summed E-state index contributed by atoms with van der Waals surface area (Å²) in [6.07, 6.45) is 2.60. The number of amidine groups is 2. The predicted octanol–water partition coefficient (Wildman–Crippen LogP) is 3.08. The monoisotopic (exact) mass is 831 g/mol. The molecule has 0 atom stereocenters. The first-order valence-corrected chi connectivity index (χ1v) is 18.9. The van der Waals surface area contributed by atoms with Crippen LogP contribution in [0.25, 0.3) is 0 Å². The summed E-state index contributed by atoms with van der Waals surface area (Å²) < 4.78 is 0. The molecule has 0 unspecified atom stereocenters. The summed E-state index contributed by atoms with van der Waals surface area (Å²) in [6.45, 7) is 0. The van der Waals surface area contributed by atoms with Crippen molar-refractivity contribution in [3.05, 3.63) is 157 Å². The first-order chi connectivity index (χ1) is 23.0. The van der Waals surface area contributed by atoms with Gasteiger partial charge in [0.05, 0.1) is 0 Å². The van der Waals surface area contributed by atoms with Gasteiger partial charge in [0.1, 0.15) is 40.9 Å². The summed E-state index contributed by atoms with van der Waals surface area (Å²) in [5, 5.41) is 28.7. The topological polar surface area (TPSA) is 73.5 Å². The number of hydrogen-bond acceptors (Lipinski definition) is 7. The maximum Gasteiger partial charge on any atom is 2.00 e. The van der Waals surface area contributed by atoms with Gasteiger partial charge in [-0.2, -0.15) is 10.2 Å². The average Bonchev–Trinajstić information content (AvgIpc) is 3.15. The molecule has 0 aromatic heterocycles. The molecular weight excluding hydrogens is 799 g/mol. The zero-order valence-electron chi connectivity index (χ0n) is 26.7. The van der Waals surface area contributed by atoms with E-state index in [1.807, 2.05) is 79.1 Å². The molecule has 49 heavy (non-hydrogen) atoms. The Hall–Kier alpha value is -3.40. The summed E-state index contributed by atoms with van der Waals surface area (Å²) >= 11 is 12.8. The smallest absolute Gasteiger partial charge is 1.00 e. The molecule has 5 rings (SSSR count). The van der Waals surface area contributed by atoms with Crippen LogP contribution in [-0.4, -0.2) is 41.3 Å². The molecule has 5 aromatic carbocycles. The third-order valence-corrected chi connectivity index (χ3v) is 12.8. The number of benzene rings is 5. The average molecular weight is 833 g/mol. The largest absolute Gasteiger partial charge is 2.00 e. The zero-order valence-corrected chi connectivity index (χ0v) is 32.6. The molecular formula is C37H34BrCuN6PS3. The number of halogens is 1. The summed E-state index contributed by atoms with van der Waals surface area (Å²) in [5.74, 6) is 0. The Bertz CT molecular complexity index is 1770. The quantitative estimate of drug-likeness (QED) is 0.0408. The Labute approximate surface area is 325 Å². The van der Waals surface area contributed by atoms with Crippen LogP contribution in [0.15, 0.2) is 171 Å². The second-order valence-electron chi connectivity index (χ2n) is 10.2. The van der Waals surface area contributed by atoms with Crippen LogP contribution in [0.4, 0.5) is 0 Å². The fourth-order valence-electron chi connectivity index (χ4n) is 5.06. The van der Waals surface area contributed by atoms with Gasteiger partial charge in [-0.25, -0.2) is 0 Å². The Morgan fingerprint density at radius 1 is 0.571 bits per heavy atom.